The fourth-order valence-electron chi connectivity index (χ4n) is 4.87. The Bertz CT molecular complexity index is 469. The molecule has 2 saturated heterocycles. The summed E-state index contributed by atoms with van der Waals surface area (Å²) in [4.78, 5) is 29.3. The summed E-state index contributed by atoms with van der Waals surface area (Å²) in [5.74, 6) is 1.63. The van der Waals surface area contributed by atoms with Crippen LogP contribution < -0.4 is 10.6 Å². The minimum absolute atomic E-state index is 0.0608. The van der Waals surface area contributed by atoms with Crippen molar-refractivity contribution in [1.29, 1.82) is 0 Å². The van der Waals surface area contributed by atoms with Gasteiger partial charge in [-0.1, -0.05) is 13.8 Å². The molecule has 2 heterocycles. The van der Waals surface area contributed by atoms with Gasteiger partial charge in [0.15, 0.2) is 0 Å². The van der Waals surface area contributed by atoms with Gasteiger partial charge in [-0.05, 0) is 70.9 Å². The van der Waals surface area contributed by atoms with Gasteiger partial charge in [0.25, 0.3) is 0 Å². The Balaban J connectivity index is 1.54. The van der Waals surface area contributed by atoms with Gasteiger partial charge in [-0.3, -0.25) is 9.59 Å². The molecule has 0 saturated carbocycles. The van der Waals surface area contributed by atoms with Crippen LogP contribution in [-0.2, 0) is 9.59 Å². The molecule has 29 heavy (non-hydrogen) atoms. The molecule has 2 aliphatic heterocycles. The van der Waals surface area contributed by atoms with Crippen molar-refractivity contribution in [2.75, 3.05) is 39.3 Å². The van der Waals surface area contributed by atoms with Gasteiger partial charge in [-0.25, -0.2) is 0 Å². The second-order valence-electron chi connectivity index (χ2n) is 9.80. The third-order valence-corrected chi connectivity index (χ3v) is 6.17. The number of likely N-dealkylation sites (tertiary alicyclic amines) is 2. The monoisotopic (exact) mass is 408 g/mol. The second-order valence-corrected chi connectivity index (χ2v) is 9.80. The van der Waals surface area contributed by atoms with Gasteiger partial charge in [0.1, 0.15) is 0 Å². The van der Waals surface area contributed by atoms with Crippen LogP contribution in [0.3, 0.4) is 0 Å². The van der Waals surface area contributed by atoms with E-state index in [0.717, 1.165) is 51.1 Å². The zero-order chi connectivity index (χ0) is 21.2. The van der Waals surface area contributed by atoms with Crippen LogP contribution in [0.5, 0.6) is 0 Å². The first-order valence-corrected chi connectivity index (χ1v) is 11.8. The molecule has 0 aromatic rings. The van der Waals surface area contributed by atoms with E-state index in [9.17, 15) is 9.59 Å². The van der Waals surface area contributed by atoms with E-state index >= 15 is 0 Å². The van der Waals surface area contributed by atoms with Crippen molar-refractivity contribution < 1.29 is 9.59 Å². The quantitative estimate of drug-likeness (QED) is 0.583. The standard InChI is InChI=1S/C23H44N4O2/c1-18-8-6-12-26(14-18)16-20(3)24-22(28)10-5-11-23(29)25-21(4)17-27-13-7-9-19(2)15-27/h18-21H,5-17H2,1-4H3,(H,24,28)(H,25,29). The summed E-state index contributed by atoms with van der Waals surface area (Å²) in [7, 11) is 0. The molecule has 4 unspecified atom stereocenters. The lowest BCUT2D eigenvalue weighted by molar-refractivity contribution is -0.123. The van der Waals surface area contributed by atoms with Crippen molar-refractivity contribution in [3.8, 4) is 0 Å². The first kappa shape index (κ1) is 24.1. The molecule has 0 aliphatic carbocycles. The molecular formula is C23H44N4O2. The molecule has 2 aliphatic rings. The predicted molar refractivity (Wildman–Crippen MR) is 119 cm³/mol. The molecule has 6 nitrogen and oxygen atoms in total. The van der Waals surface area contributed by atoms with E-state index in [2.05, 4.69) is 48.1 Å². The molecule has 2 fully saturated rings. The van der Waals surface area contributed by atoms with Gasteiger partial charge < -0.3 is 20.4 Å². The molecule has 0 spiro atoms. The molecule has 0 aromatic carbocycles. The van der Waals surface area contributed by atoms with Crippen LogP contribution >= 0.6 is 0 Å². The van der Waals surface area contributed by atoms with Crippen LogP contribution in [0.4, 0.5) is 0 Å². The van der Waals surface area contributed by atoms with E-state index in [-0.39, 0.29) is 23.9 Å². The summed E-state index contributed by atoms with van der Waals surface area (Å²) in [5, 5.41) is 6.19. The van der Waals surface area contributed by atoms with Crippen LogP contribution in [0, 0.1) is 11.8 Å². The molecule has 2 amide bonds. The fraction of sp³-hybridized carbons (Fsp3) is 0.913. The van der Waals surface area contributed by atoms with Gasteiger partial charge in [0, 0.05) is 51.1 Å². The van der Waals surface area contributed by atoms with Gasteiger partial charge in [-0.15, -0.1) is 0 Å². The predicted octanol–water partition coefficient (Wildman–Crippen LogP) is 2.63. The number of nitrogens with zero attached hydrogens (tertiary/aromatic N) is 2. The third kappa shape index (κ3) is 9.94. The molecule has 0 radical (unpaired) electrons. The Labute approximate surface area is 178 Å². The maximum Gasteiger partial charge on any atom is 0.220 e. The summed E-state index contributed by atoms with van der Waals surface area (Å²) in [6, 6.07) is 0.321. The van der Waals surface area contributed by atoms with E-state index in [1.54, 1.807) is 0 Å². The van der Waals surface area contributed by atoms with Crippen LogP contribution in [0.15, 0.2) is 0 Å². The average molecular weight is 409 g/mol. The highest BCUT2D eigenvalue weighted by atomic mass is 16.2. The first-order chi connectivity index (χ1) is 13.8. The first-order valence-electron chi connectivity index (χ1n) is 11.8. The van der Waals surface area contributed by atoms with E-state index in [1.165, 1.54) is 25.7 Å². The van der Waals surface area contributed by atoms with Gasteiger partial charge >= 0.3 is 0 Å². The molecule has 4 atom stereocenters. The fourth-order valence-corrected chi connectivity index (χ4v) is 4.87. The van der Waals surface area contributed by atoms with Crippen LogP contribution in [-0.4, -0.2) is 73.0 Å². The number of hydrogen-bond donors (Lipinski definition) is 2. The zero-order valence-electron chi connectivity index (χ0n) is 19.2. The number of amides is 2. The summed E-state index contributed by atoms with van der Waals surface area (Å²) in [6.07, 6.45) is 6.60. The highest BCUT2D eigenvalue weighted by Crippen LogP contribution is 2.16. The molecule has 0 aromatic heterocycles. The lowest BCUT2D eigenvalue weighted by atomic mass is 10.00. The van der Waals surface area contributed by atoms with E-state index in [4.69, 9.17) is 0 Å². The Kier molecular flexibility index (Phi) is 10.4. The lowest BCUT2D eigenvalue weighted by Gasteiger charge is -2.33. The second kappa shape index (κ2) is 12.5. The Morgan fingerprint density at radius 3 is 1.62 bits per heavy atom. The Hall–Kier alpha value is -1.14. The highest BCUT2D eigenvalue weighted by Gasteiger charge is 2.20. The number of rotatable bonds is 10. The van der Waals surface area contributed by atoms with E-state index in [0.29, 0.717) is 19.3 Å². The van der Waals surface area contributed by atoms with Crippen molar-refractivity contribution in [1.82, 2.24) is 20.4 Å². The average Bonchev–Trinajstić information content (AvgIpc) is 2.61. The minimum atomic E-state index is 0.0608. The zero-order valence-corrected chi connectivity index (χ0v) is 19.2. The Morgan fingerprint density at radius 2 is 1.24 bits per heavy atom. The normalized spacial score (nSPS) is 25.9. The number of carbonyl (C=O) groups is 2. The lowest BCUT2D eigenvalue weighted by Crippen LogP contribution is -2.45. The number of nitrogens with one attached hydrogen (secondary N) is 2. The largest absolute Gasteiger partial charge is 0.352 e. The SMILES string of the molecule is CC1CCCN(CC(C)NC(=O)CCCC(=O)NC(C)CN2CCCC(C)C2)C1. The topological polar surface area (TPSA) is 64.7 Å². The minimum Gasteiger partial charge on any atom is -0.352 e. The smallest absolute Gasteiger partial charge is 0.220 e. The number of carbonyl (C=O) groups excluding carboxylic acids is 2. The van der Waals surface area contributed by atoms with Gasteiger partial charge in [-0.2, -0.15) is 0 Å². The van der Waals surface area contributed by atoms with Gasteiger partial charge in [0.05, 0.1) is 0 Å². The van der Waals surface area contributed by atoms with Gasteiger partial charge in [0.2, 0.25) is 11.8 Å². The van der Waals surface area contributed by atoms with Crippen LogP contribution in [0.1, 0.15) is 72.6 Å². The maximum absolute atomic E-state index is 12.2. The highest BCUT2D eigenvalue weighted by molar-refractivity contribution is 5.79. The molecular weight excluding hydrogens is 364 g/mol. The summed E-state index contributed by atoms with van der Waals surface area (Å²) >= 11 is 0. The molecule has 168 valence electrons. The van der Waals surface area contributed by atoms with E-state index < -0.39 is 0 Å². The molecule has 2 N–H and O–H groups in total. The van der Waals surface area contributed by atoms with Crippen molar-refractivity contribution in [3.63, 3.8) is 0 Å². The van der Waals surface area contributed by atoms with E-state index in [1.807, 2.05) is 0 Å². The number of hydrogen-bond acceptors (Lipinski definition) is 4. The number of piperidine rings is 2. The summed E-state index contributed by atoms with van der Waals surface area (Å²) in [5.41, 5.74) is 0. The van der Waals surface area contributed by atoms with Crippen molar-refractivity contribution in [2.24, 2.45) is 11.8 Å². The van der Waals surface area contributed by atoms with Crippen molar-refractivity contribution in [2.45, 2.75) is 84.7 Å². The summed E-state index contributed by atoms with van der Waals surface area (Å²) in [6.45, 7) is 15.1. The Morgan fingerprint density at radius 1 is 0.828 bits per heavy atom. The summed E-state index contributed by atoms with van der Waals surface area (Å²) < 4.78 is 0. The van der Waals surface area contributed by atoms with Crippen LogP contribution in [0.2, 0.25) is 0 Å². The molecule has 2 rings (SSSR count). The van der Waals surface area contributed by atoms with Crippen LogP contribution in [0.25, 0.3) is 0 Å². The molecule has 6 heteroatoms. The van der Waals surface area contributed by atoms with Crippen molar-refractivity contribution >= 4 is 11.8 Å². The van der Waals surface area contributed by atoms with Crippen molar-refractivity contribution in [3.05, 3.63) is 0 Å². The molecule has 0 bridgehead atoms. The maximum atomic E-state index is 12.2. The third-order valence-electron chi connectivity index (χ3n) is 6.17.